The zero-order valence-corrected chi connectivity index (χ0v) is 8.21. The van der Waals surface area contributed by atoms with Crippen LogP contribution in [0.15, 0.2) is 18.2 Å². The summed E-state index contributed by atoms with van der Waals surface area (Å²) in [6.45, 7) is 1.93. The van der Waals surface area contributed by atoms with Gasteiger partial charge in [-0.3, -0.25) is 0 Å². The molecule has 0 saturated heterocycles. The number of hydrogen-bond acceptors (Lipinski definition) is 3. The molecule has 0 unspecified atom stereocenters. The first-order valence-electron chi connectivity index (χ1n) is 4.37. The number of carbonyl (C=O) groups is 1. The molecule has 78 valence electrons. The summed E-state index contributed by atoms with van der Waals surface area (Å²) < 4.78 is 17.4. The van der Waals surface area contributed by atoms with Crippen LogP contribution in [0, 0.1) is 17.7 Å². The lowest BCUT2D eigenvalue weighted by Gasteiger charge is -1.97. The number of anilines is 1. The molecule has 0 aliphatic rings. The fourth-order valence-corrected chi connectivity index (χ4v) is 0.922. The second-order valence-electron chi connectivity index (χ2n) is 2.70. The van der Waals surface area contributed by atoms with Crippen molar-refractivity contribution in [3.63, 3.8) is 0 Å². The minimum absolute atomic E-state index is 0.256. The maximum absolute atomic E-state index is 12.8. The van der Waals surface area contributed by atoms with Crippen molar-refractivity contribution in [3.05, 3.63) is 29.6 Å². The predicted octanol–water partition coefficient (Wildman–Crippen LogP) is 1.32. The van der Waals surface area contributed by atoms with Gasteiger partial charge in [0.15, 0.2) is 0 Å². The van der Waals surface area contributed by atoms with Crippen LogP contribution in [-0.2, 0) is 9.53 Å². The van der Waals surface area contributed by atoms with Crippen molar-refractivity contribution in [1.82, 2.24) is 0 Å². The standard InChI is InChI=1S/C11H10FNO2/c1-2-15-11(14)6-3-8-7-9(12)4-5-10(8)13/h4-5,7H,2,13H2,1H3. The molecule has 0 radical (unpaired) electrons. The van der Waals surface area contributed by atoms with E-state index in [9.17, 15) is 9.18 Å². The highest BCUT2D eigenvalue weighted by molar-refractivity contribution is 5.89. The van der Waals surface area contributed by atoms with Crippen LogP contribution in [0.5, 0.6) is 0 Å². The van der Waals surface area contributed by atoms with Crippen LogP contribution in [0.2, 0.25) is 0 Å². The van der Waals surface area contributed by atoms with E-state index in [0.29, 0.717) is 5.69 Å². The smallest absolute Gasteiger partial charge is 0.384 e. The fourth-order valence-electron chi connectivity index (χ4n) is 0.922. The molecule has 0 aliphatic carbocycles. The molecule has 0 amide bonds. The van der Waals surface area contributed by atoms with E-state index in [1.807, 2.05) is 0 Å². The second kappa shape index (κ2) is 5.01. The molecule has 0 saturated carbocycles. The largest absolute Gasteiger partial charge is 0.456 e. The van der Waals surface area contributed by atoms with E-state index in [2.05, 4.69) is 16.6 Å². The minimum atomic E-state index is -0.652. The Kier molecular flexibility index (Phi) is 3.69. The molecule has 1 rings (SSSR count). The molecular weight excluding hydrogens is 197 g/mol. The van der Waals surface area contributed by atoms with Crippen molar-refractivity contribution in [1.29, 1.82) is 0 Å². The van der Waals surface area contributed by atoms with Crippen LogP contribution in [0.3, 0.4) is 0 Å². The van der Waals surface area contributed by atoms with Crippen molar-refractivity contribution >= 4 is 11.7 Å². The molecule has 3 nitrogen and oxygen atoms in total. The molecule has 1 aromatic carbocycles. The summed E-state index contributed by atoms with van der Waals surface area (Å²) in [5, 5.41) is 0. The van der Waals surface area contributed by atoms with E-state index in [1.54, 1.807) is 6.92 Å². The van der Waals surface area contributed by atoms with Crippen LogP contribution in [-0.4, -0.2) is 12.6 Å². The number of hydrogen-bond donors (Lipinski definition) is 1. The van der Waals surface area contributed by atoms with E-state index in [4.69, 9.17) is 5.73 Å². The van der Waals surface area contributed by atoms with E-state index >= 15 is 0 Å². The second-order valence-corrected chi connectivity index (χ2v) is 2.70. The third-order valence-corrected chi connectivity index (χ3v) is 1.59. The van der Waals surface area contributed by atoms with Crippen LogP contribution >= 0.6 is 0 Å². The van der Waals surface area contributed by atoms with Gasteiger partial charge in [-0.25, -0.2) is 9.18 Å². The van der Waals surface area contributed by atoms with E-state index in [0.717, 1.165) is 0 Å². The average molecular weight is 207 g/mol. The molecule has 2 N–H and O–H groups in total. The van der Waals surface area contributed by atoms with Crippen molar-refractivity contribution in [2.45, 2.75) is 6.92 Å². The predicted molar refractivity (Wildman–Crippen MR) is 54.3 cm³/mol. The quantitative estimate of drug-likeness (QED) is 0.429. The molecule has 0 atom stereocenters. The molecule has 4 heteroatoms. The van der Waals surface area contributed by atoms with Gasteiger partial charge in [0.1, 0.15) is 5.82 Å². The van der Waals surface area contributed by atoms with Crippen LogP contribution in [0.4, 0.5) is 10.1 Å². The van der Waals surface area contributed by atoms with Crippen molar-refractivity contribution < 1.29 is 13.9 Å². The Balaban J connectivity index is 2.88. The van der Waals surface area contributed by atoms with Crippen molar-refractivity contribution in [3.8, 4) is 11.8 Å². The van der Waals surface area contributed by atoms with Gasteiger partial charge < -0.3 is 10.5 Å². The molecule has 15 heavy (non-hydrogen) atoms. The van der Waals surface area contributed by atoms with Crippen molar-refractivity contribution in [2.75, 3.05) is 12.3 Å². The lowest BCUT2D eigenvalue weighted by atomic mass is 10.2. The normalized spacial score (nSPS) is 8.93. The fraction of sp³-hybridized carbons (Fsp3) is 0.182. The number of halogens is 1. The number of carbonyl (C=O) groups excluding carboxylic acids is 1. The third-order valence-electron chi connectivity index (χ3n) is 1.59. The number of benzene rings is 1. The molecule has 0 bridgehead atoms. The number of rotatable bonds is 1. The monoisotopic (exact) mass is 207 g/mol. The van der Waals surface area contributed by atoms with Gasteiger partial charge in [0, 0.05) is 11.6 Å². The Hall–Kier alpha value is -2.02. The first-order chi connectivity index (χ1) is 7.13. The van der Waals surface area contributed by atoms with Crippen LogP contribution in [0.25, 0.3) is 0 Å². The van der Waals surface area contributed by atoms with Gasteiger partial charge in [-0.15, -0.1) is 0 Å². The summed E-state index contributed by atoms with van der Waals surface area (Å²) in [5.74, 6) is 3.56. The summed E-state index contributed by atoms with van der Waals surface area (Å²) in [4.78, 5) is 10.9. The summed E-state index contributed by atoms with van der Waals surface area (Å²) in [6.07, 6.45) is 0. The molecule has 0 spiro atoms. The van der Waals surface area contributed by atoms with Gasteiger partial charge in [-0.2, -0.15) is 0 Å². The molecular formula is C11H10FNO2. The number of esters is 1. The summed E-state index contributed by atoms with van der Waals surface area (Å²) in [5.41, 5.74) is 6.14. The first kappa shape index (κ1) is 11.1. The SMILES string of the molecule is CCOC(=O)C#Cc1cc(F)ccc1N. The Morgan fingerprint density at radius 1 is 1.60 bits per heavy atom. The molecule has 0 fully saturated rings. The van der Waals surface area contributed by atoms with Gasteiger partial charge in [0.05, 0.1) is 12.2 Å². The highest BCUT2D eigenvalue weighted by atomic mass is 19.1. The lowest BCUT2D eigenvalue weighted by molar-refractivity contribution is -0.136. The maximum Gasteiger partial charge on any atom is 0.384 e. The molecule has 0 heterocycles. The summed E-state index contributed by atoms with van der Waals surface area (Å²) in [7, 11) is 0. The molecule has 1 aromatic rings. The number of nitrogens with two attached hydrogens (primary N) is 1. The lowest BCUT2D eigenvalue weighted by Crippen LogP contribution is -2.00. The summed E-state index contributed by atoms with van der Waals surface area (Å²) >= 11 is 0. The highest BCUT2D eigenvalue weighted by Crippen LogP contribution is 2.11. The van der Waals surface area contributed by atoms with E-state index in [-0.39, 0.29) is 12.2 Å². The highest BCUT2D eigenvalue weighted by Gasteiger charge is 1.98. The Morgan fingerprint density at radius 3 is 3.00 bits per heavy atom. The molecule has 0 aliphatic heterocycles. The van der Waals surface area contributed by atoms with Gasteiger partial charge in [-0.1, -0.05) is 5.92 Å². The van der Waals surface area contributed by atoms with Gasteiger partial charge in [0.25, 0.3) is 0 Å². The maximum atomic E-state index is 12.8. The van der Waals surface area contributed by atoms with E-state index in [1.165, 1.54) is 18.2 Å². The molecule has 0 aromatic heterocycles. The van der Waals surface area contributed by atoms with Gasteiger partial charge in [0.2, 0.25) is 0 Å². The zero-order chi connectivity index (χ0) is 11.3. The van der Waals surface area contributed by atoms with Crippen LogP contribution < -0.4 is 5.73 Å². The van der Waals surface area contributed by atoms with E-state index < -0.39 is 11.8 Å². The number of ether oxygens (including phenoxy) is 1. The zero-order valence-electron chi connectivity index (χ0n) is 8.21. The Bertz CT molecular complexity index is 432. The topological polar surface area (TPSA) is 52.3 Å². The Morgan fingerprint density at radius 2 is 2.33 bits per heavy atom. The van der Waals surface area contributed by atoms with Gasteiger partial charge in [-0.05, 0) is 25.1 Å². The average Bonchev–Trinajstić information content (AvgIpc) is 2.20. The van der Waals surface area contributed by atoms with Gasteiger partial charge >= 0.3 is 5.97 Å². The van der Waals surface area contributed by atoms with Crippen molar-refractivity contribution in [2.24, 2.45) is 0 Å². The summed E-state index contributed by atoms with van der Waals surface area (Å²) in [6, 6.07) is 3.79. The third kappa shape index (κ3) is 3.31. The number of nitrogen functional groups attached to an aromatic ring is 1. The Labute approximate surface area is 87.0 Å². The first-order valence-corrected chi connectivity index (χ1v) is 4.37. The van der Waals surface area contributed by atoms with Crippen LogP contribution in [0.1, 0.15) is 12.5 Å². The minimum Gasteiger partial charge on any atom is -0.456 e.